The van der Waals surface area contributed by atoms with Crippen molar-refractivity contribution in [2.75, 3.05) is 6.54 Å². The molecule has 0 spiro atoms. The van der Waals surface area contributed by atoms with Crippen molar-refractivity contribution in [2.45, 2.75) is 18.9 Å². The number of nitrogens with zero attached hydrogens (tertiary/aromatic N) is 4. The van der Waals surface area contributed by atoms with E-state index in [1.165, 1.54) is 0 Å². The van der Waals surface area contributed by atoms with Gasteiger partial charge in [-0.15, -0.1) is 0 Å². The fourth-order valence-electron chi connectivity index (χ4n) is 3.44. The molecule has 1 aliphatic heterocycles. The van der Waals surface area contributed by atoms with Gasteiger partial charge in [0.15, 0.2) is 0 Å². The number of rotatable bonds is 3. The zero-order valence-corrected chi connectivity index (χ0v) is 14.4. The van der Waals surface area contributed by atoms with Crippen LogP contribution in [0.2, 0.25) is 0 Å². The maximum atomic E-state index is 13.0. The topological polar surface area (TPSA) is 83.9 Å². The van der Waals surface area contributed by atoms with E-state index in [0.29, 0.717) is 17.9 Å². The predicted molar refractivity (Wildman–Crippen MR) is 96.5 cm³/mol. The van der Waals surface area contributed by atoms with Gasteiger partial charge >= 0.3 is 0 Å². The minimum atomic E-state index is -0.394. The molecule has 7 nitrogen and oxygen atoms in total. The number of aromatic amines is 1. The summed E-state index contributed by atoms with van der Waals surface area (Å²) in [5.74, 6) is -0.245. The van der Waals surface area contributed by atoms with Gasteiger partial charge < -0.3 is 9.88 Å². The lowest BCUT2D eigenvalue weighted by atomic mass is 10.1. The largest absolute Gasteiger partial charge is 0.331 e. The fourth-order valence-corrected chi connectivity index (χ4v) is 3.44. The second-order valence-electron chi connectivity index (χ2n) is 6.43. The van der Waals surface area contributed by atoms with Gasteiger partial charge in [0.2, 0.25) is 0 Å². The highest BCUT2D eigenvalue weighted by atomic mass is 16.2. The molecule has 132 valence electrons. The summed E-state index contributed by atoms with van der Waals surface area (Å²) in [6, 6.07) is 8.75. The van der Waals surface area contributed by atoms with Gasteiger partial charge in [-0.25, -0.2) is 0 Å². The monoisotopic (exact) mass is 349 g/mol. The molecule has 4 rings (SSSR count). The van der Waals surface area contributed by atoms with Gasteiger partial charge in [-0.2, -0.15) is 5.10 Å². The predicted octanol–water partition coefficient (Wildman–Crippen LogP) is 2.15. The first kappa shape index (κ1) is 16.3. The van der Waals surface area contributed by atoms with Crippen molar-refractivity contribution >= 4 is 5.91 Å². The molecule has 1 atom stereocenters. The lowest BCUT2D eigenvalue weighted by Crippen LogP contribution is -2.34. The molecule has 1 N–H and O–H groups in total. The van der Waals surface area contributed by atoms with Gasteiger partial charge in [0.25, 0.3) is 11.5 Å². The highest BCUT2D eigenvalue weighted by Gasteiger charge is 2.32. The maximum absolute atomic E-state index is 13.0. The number of H-pyrrole nitrogens is 1. The molecule has 0 radical (unpaired) electrons. The van der Waals surface area contributed by atoms with E-state index in [0.717, 1.165) is 18.4 Å². The summed E-state index contributed by atoms with van der Waals surface area (Å²) in [5.41, 5.74) is 2.02. The quantitative estimate of drug-likeness (QED) is 0.785. The number of hydrogen-bond donors (Lipinski definition) is 1. The Kier molecular flexibility index (Phi) is 4.12. The normalized spacial score (nSPS) is 16.8. The molecule has 0 bridgehead atoms. The summed E-state index contributed by atoms with van der Waals surface area (Å²) >= 11 is 0. The Hall–Kier alpha value is -3.22. The van der Waals surface area contributed by atoms with E-state index in [1.54, 1.807) is 34.1 Å². The van der Waals surface area contributed by atoms with Crippen LogP contribution in [0.15, 0.2) is 53.7 Å². The average Bonchev–Trinajstić information content (AvgIpc) is 3.30. The number of aryl methyl sites for hydroxylation is 1. The Bertz CT molecular complexity index is 992. The van der Waals surface area contributed by atoms with Crippen molar-refractivity contribution < 1.29 is 4.79 Å². The highest BCUT2D eigenvalue weighted by molar-refractivity contribution is 5.94. The molecule has 1 unspecified atom stereocenters. The zero-order valence-electron chi connectivity index (χ0n) is 14.4. The van der Waals surface area contributed by atoms with Gasteiger partial charge in [-0.3, -0.25) is 19.3 Å². The summed E-state index contributed by atoms with van der Waals surface area (Å²) in [5, 5.41) is 4.19. The van der Waals surface area contributed by atoms with Crippen LogP contribution < -0.4 is 5.56 Å². The molecular formula is C19H19N5O2. The van der Waals surface area contributed by atoms with Crippen molar-refractivity contribution in [3.63, 3.8) is 0 Å². The third-order valence-electron chi connectivity index (χ3n) is 4.70. The first-order valence-electron chi connectivity index (χ1n) is 8.58. The number of amides is 1. The molecule has 3 aromatic heterocycles. The number of pyridine rings is 2. The molecular weight excluding hydrogens is 330 g/mol. The number of carbonyl (C=O) groups is 1. The van der Waals surface area contributed by atoms with Crippen LogP contribution in [0.1, 0.15) is 34.8 Å². The third kappa shape index (κ3) is 2.92. The van der Waals surface area contributed by atoms with Crippen LogP contribution in [0.25, 0.3) is 11.4 Å². The van der Waals surface area contributed by atoms with Gasteiger partial charge in [-0.1, -0.05) is 6.07 Å². The molecule has 1 saturated heterocycles. The van der Waals surface area contributed by atoms with Gasteiger partial charge in [0, 0.05) is 31.5 Å². The Morgan fingerprint density at radius 1 is 1.27 bits per heavy atom. The van der Waals surface area contributed by atoms with E-state index in [4.69, 9.17) is 0 Å². The van der Waals surface area contributed by atoms with E-state index < -0.39 is 5.56 Å². The Labute approximate surface area is 150 Å². The minimum absolute atomic E-state index is 0.0360. The van der Waals surface area contributed by atoms with Gasteiger partial charge in [0.1, 0.15) is 5.56 Å². The number of nitrogens with one attached hydrogen (secondary N) is 1. The number of hydrogen-bond acceptors (Lipinski definition) is 4. The lowest BCUT2D eigenvalue weighted by Gasteiger charge is -2.23. The van der Waals surface area contributed by atoms with E-state index in [-0.39, 0.29) is 17.5 Å². The molecule has 0 aromatic carbocycles. The van der Waals surface area contributed by atoms with E-state index in [9.17, 15) is 9.59 Å². The molecule has 3 aromatic rings. The van der Waals surface area contributed by atoms with Crippen LogP contribution in [0.4, 0.5) is 0 Å². The van der Waals surface area contributed by atoms with Crippen molar-refractivity contribution in [3.8, 4) is 11.4 Å². The lowest BCUT2D eigenvalue weighted by molar-refractivity contribution is 0.0734. The van der Waals surface area contributed by atoms with Crippen LogP contribution in [0.3, 0.4) is 0 Å². The Morgan fingerprint density at radius 2 is 2.15 bits per heavy atom. The number of likely N-dealkylation sites (tertiary alicyclic amines) is 1. The highest BCUT2D eigenvalue weighted by Crippen LogP contribution is 2.32. The van der Waals surface area contributed by atoms with Gasteiger partial charge in [0.05, 0.1) is 23.6 Å². The van der Waals surface area contributed by atoms with Crippen LogP contribution in [-0.4, -0.2) is 37.1 Å². The Balaban J connectivity index is 1.63. The molecule has 0 saturated carbocycles. The number of aromatic nitrogens is 4. The van der Waals surface area contributed by atoms with Crippen molar-refractivity contribution in [2.24, 2.45) is 7.05 Å². The Morgan fingerprint density at radius 3 is 2.85 bits per heavy atom. The summed E-state index contributed by atoms with van der Waals surface area (Å²) in [6.45, 7) is 0.639. The van der Waals surface area contributed by atoms with Crippen LogP contribution >= 0.6 is 0 Å². The molecule has 1 amide bonds. The van der Waals surface area contributed by atoms with Crippen LogP contribution in [0.5, 0.6) is 0 Å². The van der Waals surface area contributed by atoms with Crippen molar-refractivity contribution in [1.82, 2.24) is 24.6 Å². The smallest absolute Gasteiger partial charge is 0.261 e. The van der Waals surface area contributed by atoms with E-state index in [2.05, 4.69) is 15.1 Å². The van der Waals surface area contributed by atoms with Crippen LogP contribution in [0, 0.1) is 0 Å². The standard InChI is InChI=1S/C19H19N5O2/c1-23-12-13(11-21-23)17-6-4-10-24(17)19(26)14-7-8-16(22-18(14)25)15-5-2-3-9-20-15/h2-3,5,7-9,11-12,17H,4,6,10H2,1H3,(H,22,25). The third-order valence-corrected chi connectivity index (χ3v) is 4.70. The molecule has 26 heavy (non-hydrogen) atoms. The van der Waals surface area contributed by atoms with Crippen molar-refractivity contribution in [3.05, 3.63) is 70.4 Å². The summed E-state index contributed by atoms with van der Waals surface area (Å²) in [7, 11) is 1.85. The molecule has 7 heteroatoms. The van der Waals surface area contributed by atoms with Crippen LogP contribution in [-0.2, 0) is 7.05 Å². The molecule has 1 fully saturated rings. The second kappa shape index (κ2) is 6.59. The molecule has 4 heterocycles. The fraction of sp³-hybridized carbons (Fsp3) is 0.263. The zero-order chi connectivity index (χ0) is 18.1. The van der Waals surface area contributed by atoms with Gasteiger partial charge in [-0.05, 0) is 37.1 Å². The molecule has 0 aliphatic carbocycles. The summed E-state index contributed by atoms with van der Waals surface area (Å²) in [6.07, 6.45) is 7.15. The average molecular weight is 349 g/mol. The summed E-state index contributed by atoms with van der Waals surface area (Å²) in [4.78, 5) is 34.2. The van der Waals surface area contributed by atoms with Crippen molar-refractivity contribution in [1.29, 1.82) is 0 Å². The first-order valence-corrected chi connectivity index (χ1v) is 8.58. The number of carbonyl (C=O) groups excluding carboxylic acids is 1. The van der Waals surface area contributed by atoms with E-state index >= 15 is 0 Å². The maximum Gasteiger partial charge on any atom is 0.261 e. The van der Waals surface area contributed by atoms with E-state index in [1.807, 2.05) is 31.4 Å². The SMILES string of the molecule is Cn1cc(C2CCCN2C(=O)c2ccc(-c3ccccn3)[nH]c2=O)cn1. The first-order chi connectivity index (χ1) is 12.6. The second-order valence-corrected chi connectivity index (χ2v) is 6.43. The minimum Gasteiger partial charge on any atom is -0.331 e. The molecule has 1 aliphatic rings. The summed E-state index contributed by atoms with van der Waals surface area (Å²) < 4.78 is 1.73.